The summed E-state index contributed by atoms with van der Waals surface area (Å²) in [6, 6.07) is 6.60. The fourth-order valence-corrected chi connectivity index (χ4v) is 2.40. The SMILES string of the molecule is CC1(NCc2ccc(C#N)cc2F)CCCC1. The van der Waals surface area contributed by atoms with E-state index in [1.54, 1.807) is 12.1 Å². The molecule has 0 radical (unpaired) electrons. The summed E-state index contributed by atoms with van der Waals surface area (Å²) in [6.07, 6.45) is 4.81. The summed E-state index contributed by atoms with van der Waals surface area (Å²) in [6.45, 7) is 2.73. The summed E-state index contributed by atoms with van der Waals surface area (Å²) in [5, 5.41) is 12.1. The Morgan fingerprint density at radius 2 is 2.12 bits per heavy atom. The molecule has 0 aliphatic heterocycles. The van der Waals surface area contributed by atoms with Crippen molar-refractivity contribution in [1.82, 2.24) is 5.32 Å². The fraction of sp³-hybridized carbons (Fsp3) is 0.500. The Morgan fingerprint density at radius 3 is 2.71 bits per heavy atom. The molecule has 90 valence electrons. The molecule has 3 heteroatoms. The maximum absolute atomic E-state index is 13.6. The topological polar surface area (TPSA) is 35.8 Å². The van der Waals surface area contributed by atoms with E-state index in [0.29, 0.717) is 17.7 Å². The lowest BCUT2D eigenvalue weighted by molar-refractivity contribution is 0.359. The van der Waals surface area contributed by atoms with Crippen LogP contribution in [0.4, 0.5) is 4.39 Å². The Morgan fingerprint density at radius 1 is 1.41 bits per heavy atom. The molecule has 2 nitrogen and oxygen atoms in total. The van der Waals surface area contributed by atoms with Gasteiger partial charge in [0, 0.05) is 17.6 Å². The highest BCUT2D eigenvalue weighted by Crippen LogP contribution is 2.29. The Bertz CT molecular complexity index is 442. The second-order valence-corrected chi connectivity index (χ2v) is 5.04. The van der Waals surface area contributed by atoms with Crippen molar-refractivity contribution in [3.8, 4) is 6.07 Å². The van der Waals surface area contributed by atoms with Gasteiger partial charge in [-0.2, -0.15) is 5.26 Å². The van der Waals surface area contributed by atoms with Crippen LogP contribution in [0.5, 0.6) is 0 Å². The van der Waals surface area contributed by atoms with Crippen LogP contribution in [0.25, 0.3) is 0 Å². The van der Waals surface area contributed by atoms with E-state index in [2.05, 4.69) is 12.2 Å². The second-order valence-electron chi connectivity index (χ2n) is 5.04. The minimum absolute atomic E-state index is 0.153. The zero-order valence-electron chi connectivity index (χ0n) is 10.1. The van der Waals surface area contributed by atoms with Gasteiger partial charge in [-0.25, -0.2) is 4.39 Å². The predicted octanol–water partition coefficient (Wildman–Crippen LogP) is 3.12. The van der Waals surface area contributed by atoms with Crippen molar-refractivity contribution in [2.24, 2.45) is 0 Å². The van der Waals surface area contributed by atoms with Crippen molar-refractivity contribution < 1.29 is 4.39 Å². The molecule has 1 aliphatic carbocycles. The highest BCUT2D eigenvalue weighted by Gasteiger charge is 2.27. The third-order valence-corrected chi connectivity index (χ3v) is 3.59. The molecule has 1 saturated carbocycles. The standard InChI is InChI=1S/C14H17FN2/c1-14(6-2-3-7-14)17-10-12-5-4-11(9-16)8-13(12)15/h4-5,8,17H,2-3,6-7,10H2,1H3. The van der Waals surface area contributed by atoms with Gasteiger partial charge in [0.05, 0.1) is 11.6 Å². The van der Waals surface area contributed by atoms with E-state index in [-0.39, 0.29) is 11.4 Å². The average Bonchev–Trinajstić information content (AvgIpc) is 2.75. The first-order chi connectivity index (χ1) is 8.13. The molecule has 0 atom stereocenters. The van der Waals surface area contributed by atoms with Gasteiger partial charge in [0.15, 0.2) is 0 Å². The largest absolute Gasteiger partial charge is 0.307 e. The molecule has 0 saturated heterocycles. The number of hydrogen-bond donors (Lipinski definition) is 1. The van der Waals surface area contributed by atoms with Gasteiger partial charge in [0.25, 0.3) is 0 Å². The lowest BCUT2D eigenvalue weighted by Crippen LogP contribution is -2.38. The Kier molecular flexibility index (Phi) is 3.44. The lowest BCUT2D eigenvalue weighted by atomic mass is 10.00. The fourth-order valence-electron chi connectivity index (χ4n) is 2.40. The summed E-state index contributed by atoms with van der Waals surface area (Å²) >= 11 is 0. The van der Waals surface area contributed by atoms with Crippen molar-refractivity contribution in [1.29, 1.82) is 5.26 Å². The molecule has 1 N–H and O–H groups in total. The monoisotopic (exact) mass is 232 g/mol. The maximum Gasteiger partial charge on any atom is 0.129 e. The van der Waals surface area contributed by atoms with Crippen molar-refractivity contribution in [3.05, 3.63) is 35.1 Å². The van der Waals surface area contributed by atoms with E-state index in [1.165, 1.54) is 18.9 Å². The van der Waals surface area contributed by atoms with E-state index < -0.39 is 0 Å². The quantitative estimate of drug-likeness (QED) is 0.869. The van der Waals surface area contributed by atoms with Crippen molar-refractivity contribution in [3.63, 3.8) is 0 Å². The van der Waals surface area contributed by atoms with E-state index in [4.69, 9.17) is 5.26 Å². The van der Waals surface area contributed by atoms with E-state index >= 15 is 0 Å². The first-order valence-corrected chi connectivity index (χ1v) is 6.06. The highest BCUT2D eigenvalue weighted by atomic mass is 19.1. The minimum atomic E-state index is -0.293. The Balaban J connectivity index is 2.02. The van der Waals surface area contributed by atoms with Crippen molar-refractivity contribution >= 4 is 0 Å². The van der Waals surface area contributed by atoms with Gasteiger partial charge >= 0.3 is 0 Å². The maximum atomic E-state index is 13.6. The van der Waals surface area contributed by atoms with E-state index in [0.717, 1.165) is 12.8 Å². The van der Waals surface area contributed by atoms with Crippen molar-refractivity contribution in [2.75, 3.05) is 0 Å². The van der Waals surface area contributed by atoms with E-state index in [1.807, 2.05) is 6.07 Å². The minimum Gasteiger partial charge on any atom is -0.307 e. The molecule has 17 heavy (non-hydrogen) atoms. The average molecular weight is 232 g/mol. The molecule has 1 aromatic rings. The molecule has 0 aromatic heterocycles. The molecule has 0 unspecified atom stereocenters. The molecule has 1 aliphatic rings. The summed E-state index contributed by atoms with van der Waals surface area (Å²) in [7, 11) is 0. The molecule has 1 fully saturated rings. The van der Waals surface area contributed by atoms with Crippen LogP contribution in [-0.4, -0.2) is 5.54 Å². The van der Waals surface area contributed by atoms with Crippen LogP contribution in [-0.2, 0) is 6.54 Å². The van der Waals surface area contributed by atoms with Gasteiger partial charge in [0.1, 0.15) is 5.82 Å². The first kappa shape index (κ1) is 12.1. The van der Waals surface area contributed by atoms with Crippen LogP contribution in [0, 0.1) is 17.1 Å². The zero-order valence-corrected chi connectivity index (χ0v) is 10.1. The number of hydrogen-bond acceptors (Lipinski definition) is 2. The Labute approximate surface area is 101 Å². The van der Waals surface area contributed by atoms with Crippen molar-refractivity contribution in [2.45, 2.75) is 44.7 Å². The summed E-state index contributed by atoms with van der Waals surface area (Å²) in [5.41, 5.74) is 1.16. The predicted molar refractivity (Wildman–Crippen MR) is 64.8 cm³/mol. The normalized spacial score (nSPS) is 17.9. The Hall–Kier alpha value is -1.40. The molecule has 2 rings (SSSR count). The molecule has 0 heterocycles. The summed E-state index contributed by atoms with van der Waals surface area (Å²) in [4.78, 5) is 0. The van der Waals surface area contributed by atoms with E-state index in [9.17, 15) is 4.39 Å². The van der Waals surface area contributed by atoms with Gasteiger partial charge in [0.2, 0.25) is 0 Å². The number of rotatable bonds is 3. The van der Waals surface area contributed by atoms with Gasteiger partial charge in [-0.1, -0.05) is 18.9 Å². The molecule has 0 amide bonds. The second kappa shape index (κ2) is 4.85. The van der Waals surface area contributed by atoms with Crippen LogP contribution < -0.4 is 5.32 Å². The summed E-state index contributed by atoms with van der Waals surface area (Å²) < 4.78 is 13.6. The van der Waals surface area contributed by atoms with Gasteiger partial charge in [-0.15, -0.1) is 0 Å². The van der Waals surface area contributed by atoms with Crippen LogP contribution in [0.15, 0.2) is 18.2 Å². The zero-order chi connectivity index (χ0) is 12.3. The number of benzene rings is 1. The first-order valence-electron chi connectivity index (χ1n) is 6.06. The van der Waals surface area contributed by atoms with Gasteiger partial charge in [-0.05, 0) is 31.9 Å². The molecular weight excluding hydrogens is 215 g/mol. The van der Waals surface area contributed by atoms with Gasteiger partial charge in [-0.3, -0.25) is 0 Å². The van der Waals surface area contributed by atoms with Crippen LogP contribution in [0.1, 0.15) is 43.7 Å². The number of halogens is 1. The summed E-state index contributed by atoms with van der Waals surface area (Å²) in [5.74, 6) is -0.293. The third-order valence-electron chi connectivity index (χ3n) is 3.59. The molecule has 0 spiro atoms. The molecule has 1 aromatic carbocycles. The smallest absolute Gasteiger partial charge is 0.129 e. The number of nitrogens with one attached hydrogen (secondary N) is 1. The lowest BCUT2D eigenvalue weighted by Gasteiger charge is -2.25. The third kappa shape index (κ3) is 2.83. The molecular formula is C14H17FN2. The molecule has 0 bridgehead atoms. The van der Waals surface area contributed by atoms with Crippen LogP contribution in [0.2, 0.25) is 0 Å². The number of nitriles is 1. The van der Waals surface area contributed by atoms with Crippen LogP contribution in [0.3, 0.4) is 0 Å². The highest BCUT2D eigenvalue weighted by molar-refractivity contribution is 5.32. The van der Waals surface area contributed by atoms with Gasteiger partial charge < -0.3 is 5.32 Å². The van der Waals surface area contributed by atoms with Crippen LogP contribution >= 0.6 is 0 Å². The number of nitrogens with zero attached hydrogens (tertiary/aromatic N) is 1.